The molecule has 1 aliphatic heterocycles. The van der Waals surface area contributed by atoms with Gasteiger partial charge in [-0.15, -0.1) is 5.10 Å². The molecule has 2 aliphatic rings. The van der Waals surface area contributed by atoms with Crippen LogP contribution < -0.4 is 4.90 Å². The van der Waals surface area contributed by atoms with Crippen molar-refractivity contribution in [2.75, 3.05) is 11.5 Å². The normalized spacial score (nSPS) is 26.3. The number of aliphatic hydroxyl groups excluding tert-OH is 3. The first-order valence-electron chi connectivity index (χ1n) is 14.1. The molecular formula is C30H30ClF2N5O7. The lowest BCUT2D eigenvalue weighted by Crippen LogP contribution is -2.63. The maximum Gasteiger partial charge on any atom is 0.303 e. The Bertz CT molecular complexity index is 1630. The summed E-state index contributed by atoms with van der Waals surface area (Å²) in [6.45, 7) is 1.60. The minimum atomic E-state index is -1.67. The molecule has 45 heavy (non-hydrogen) atoms. The summed E-state index contributed by atoms with van der Waals surface area (Å²) in [6.07, 6.45) is -4.56. The zero-order valence-corrected chi connectivity index (χ0v) is 24.9. The number of ether oxygens (including phenoxy) is 2. The van der Waals surface area contributed by atoms with Crippen molar-refractivity contribution in [1.29, 1.82) is 5.26 Å². The number of aliphatic hydroxyl groups is 3. The van der Waals surface area contributed by atoms with Gasteiger partial charge in [-0.2, -0.15) is 5.26 Å². The van der Waals surface area contributed by atoms with Crippen LogP contribution in [0.1, 0.15) is 43.4 Å². The number of esters is 1. The van der Waals surface area contributed by atoms with Crippen molar-refractivity contribution in [3.63, 3.8) is 0 Å². The highest BCUT2D eigenvalue weighted by atomic mass is 35.5. The van der Waals surface area contributed by atoms with Crippen LogP contribution in [0.15, 0.2) is 36.5 Å². The number of nitrogens with zero attached hydrogens (tertiary/aromatic N) is 5. The first-order chi connectivity index (χ1) is 21.4. The average molecular weight is 646 g/mol. The molecule has 7 atom stereocenters. The second kappa shape index (κ2) is 13.2. The third-order valence-electron chi connectivity index (χ3n) is 8.11. The van der Waals surface area contributed by atoms with Gasteiger partial charge in [0.25, 0.3) is 5.91 Å². The minimum Gasteiger partial charge on any atom is -0.457 e. The number of aromatic nitrogens is 3. The molecule has 0 unspecified atom stereocenters. The number of hydrogen-bond donors (Lipinski definition) is 3. The van der Waals surface area contributed by atoms with Crippen molar-refractivity contribution >= 4 is 29.2 Å². The highest BCUT2D eigenvalue weighted by Crippen LogP contribution is 2.38. The van der Waals surface area contributed by atoms with Crippen molar-refractivity contribution in [2.24, 2.45) is 0 Å². The van der Waals surface area contributed by atoms with E-state index in [9.17, 15) is 39.0 Å². The zero-order chi connectivity index (χ0) is 32.6. The molecule has 2 aromatic carbocycles. The maximum absolute atomic E-state index is 14.5. The van der Waals surface area contributed by atoms with Crippen molar-refractivity contribution in [1.82, 2.24) is 15.0 Å². The molecular weight excluding hydrogens is 616 g/mol. The number of rotatable bonds is 7. The summed E-state index contributed by atoms with van der Waals surface area (Å²) in [5.41, 5.74) is 0.176. The Kier molecular flexibility index (Phi) is 9.47. The molecule has 1 saturated carbocycles. The summed E-state index contributed by atoms with van der Waals surface area (Å²) in [5.74, 6) is -3.28. The number of amides is 1. The Morgan fingerprint density at radius 1 is 1.20 bits per heavy atom. The molecule has 0 radical (unpaired) electrons. The number of carbonyl (C=O) groups excluding carboxylic acids is 2. The van der Waals surface area contributed by atoms with Crippen LogP contribution in [-0.4, -0.2) is 85.4 Å². The molecule has 5 rings (SSSR count). The van der Waals surface area contributed by atoms with Crippen LogP contribution in [0.2, 0.25) is 5.02 Å². The van der Waals surface area contributed by atoms with E-state index in [1.165, 1.54) is 36.2 Å². The predicted molar refractivity (Wildman–Crippen MR) is 154 cm³/mol. The van der Waals surface area contributed by atoms with Crippen LogP contribution in [0.3, 0.4) is 0 Å². The van der Waals surface area contributed by atoms with Gasteiger partial charge in [0.1, 0.15) is 35.6 Å². The molecule has 2 fully saturated rings. The second-order valence-electron chi connectivity index (χ2n) is 11.1. The average Bonchev–Trinajstić information content (AvgIpc) is 3.65. The van der Waals surface area contributed by atoms with Gasteiger partial charge in [0, 0.05) is 28.8 Å². The Morgan fingerprint density at radius 2 is 1.91 bits per heavy atom. The molecule has 1 aromatic heterocycles. The van der Waals surface area contributed by atoms with E-state index in [-0.39, 0.29) is 33.1 Å². The van der Waals surface area contributed by atoms with Crippen LogP contribution in [0.25, 0.3) is 11.3 Å². The largest absolute Gasteiger partial charge is 0.457 e. The van der Waals surface area contributed by atoms with E-state index in [0.29, 0.717) is 19.3 Å². The molecule has 1 amide bonds. The Hall–Kier alpha value is -4.00. The maximum atomic E-state index is 14.5. The SMILES string of the molecule is CC(=O)O[C@@H]1[C@@H](n2cc(-c3cc(F)c(C)c(F)c3)nn2)[C@@H](O)[C@@H](CO)O[C@H]1C(=O)N(c1cc(Cl)cc(C#N)c1)[C@H]1CCC[C@@H]1O. The summed E-state index contributed by atoms with van der Waals surface area (Å²) in [6, 6.07) is 6.21. The fraction of sp³-hybridized carbons (Fsp3) is 0.433. The van der Waals surface area contributed by atoms with Gasteiger partial charge in [-0.1, -0.05) is 16.8 Å². The smallest absolute Gasteiger partial charge is 0.303 e. The standard InChI is InChI=1S/C30H30ClF2N5O7/c1-14-20(32)8-17(9-21(14)33)22-12-37(36-35-22)26-27(42)25(13-39)45-29(28(26)44-15(2)40)30(43)38(23-4-3-5-24(23)41)19-7-16(11-34)6-18(31)10-19/h6-10,12,23-29,39,41-42H,3-5,13H2,1-2H3/t23-,24-,25+,26-,27-,28+,29+/m0/s1. The summed E-state index contributed by atoms with van der Waals surface area (Å²) >= 11 is 6.27. The molecule has 12 nitrogen and oxygen atoms in total. The minimum absolute atomic E-state index is 0.00940. The van der Waals surface area contributed by atoms with E-state index in [4.69, 9.17) is 21.1 Å². The van der Waals surface area contributed by atoms with Crippen molar-refractivity contribution in [2.45, 2.75) is 75.7 Å². The topological polar surface area (TPSA) is 171 Å². The van der Waals surface area contributed by atoms with Crippen molar-refractivity contribution in [3.8, 4) is 17.3 Å². The number of anilines is 1. The van der Waals surface area contributed by atoms with Crippen molar-refractivity contribution < 1.29 is 43.2 Å². The van der Waals surface area contributed by atoms with Gasteiger partial charge in [0.05, 0.1) is 36.6 Å². The molecule has 0 bridgehead atoms. The zero-order valence-electron chi connectivity index (χ0n) is 24.2. The lowest BCUT2D eigenvalue weighted by molar-refractivity contribution is -0.216. The van der Waals surface area contributed by atoms with Crippen molar-refractivity contribution in [3.05, 3.63) is 64.3 Å². The van der Waals surface area contributed by atoms with Gasteiger partial charge < -0.3 is 29.7 Å². The molecule has 1 aliphatic carbocycles. The quantitative estimate of drug-likeness (QED) is 0.325. The van der Waals surface area contributed by atoms with Crippen LogP contribution in [0.4, 0.5) is 14.5 Å². The summed E-state index contributed by atoms with van der Waals surface area (Å²) < 4.78 is 41.2. The van der Waals surface area contributed by atoms with E-state index < -0.39 is 72.7 Å². The Labute approximate surface area is 261 Å². The van der Waals surface area contributed by atoms with Crippen LogP contribution in [0.5, 0.6) is 0 Å². The molecule has 0 spiro atoms. The lowest BCUT2D eigenvalue weighted by Gasteiger charge is -2.45. The van der Waals surface area contributed by atoms with E-state index in [1.54, 1.807) is 0 Å². The van der Waals surface area contributed by atoms with Gasteiger partial charge in [0.2, 0.25) is 0 Å². The molecule has 2 heterocycles. The van der Waals surface area contributed by atoms with Gasteiger partial charge in [-0.25, -0.2) is 13.5 Å². The van der Waals surface area contributed by atoms with E-state index in [1.807, 2.05) is 6.07 Å². The number of nitriles is 1. The summed E-state index contributed by atoms with van der Waals surface area (Å²) in [4.78, 5) is 28.1. The molecule has 3 N–H and O–H groups in total. The van der Waals surface area contributed by atoms with Gasteiger partial charge in [-0.3, -0.25) is 9.59 Å². The molecule has 15 heteroatoms. The van der Waals surface area contributed by atoms with Crippen LogP contribution in [0, 0.1) is 29.9 Å². The predicted octanol–water partition coefficient (Wildman–Crippen LogP) is 2.60. The fourth-order valence-corrected chi connectivity index (χ4v) is 6.12. The molecule has 238 valence electrons. The monoisotopic (exact) mass is 645 g/mol. The summed E-state index contributed by atoms with van der Waals surface area (Å²) in [7, 11) is 0. The van der Waals surface area contributed by atoms with E-state index in [0.717, 1.165) is 23.7 Å². The molecule has 1 saturated heterocycles. The van der Waals surface area contributed by atoms with Crippen LogP contribution in [-0.2, 0) is 19.1 Å². The highest BCUT2D eigenvalue weighted by molar-refractivity contribution is 6.31. The van der Waals surface area contributed by atoms with Gasteiger partial charge >= 0.3 is 5.97 Å². The fourth-order valence-electron chi connectivity index (χ4n) is 5.89. The Morgan fingerprint density at radius 3 is 2.51 bits per heavy atom. The number of carbonyl (C=O) groups is 2. The number of hydrogen-bond acceptors (Lipinski definition) is 10. The van der Waals surface area contributed by atoms with Gasteiger partial charge in [0.15, 0.2) is 12.2 Å². The Balaban J connectivity index is 1.60. The van der Waals surface area contributed by atoms with E-state index >= 15 is 0 Å². The third kappa shape index (κ3) is 6.40. The lowest BCUT2D eigenvalue weighted by atomic mass is 9.91. The molecule has 3 aromatic rings. The summed E-state index contributed by atoms with van der Waals surface area (Å²) in [5, 5.41) is 49.9. The first-order valence-corrected chi connectivity index (χ1v) is 14.5. The number of halogens is 3. The highest BCUT2D eigenvalue weighted by Gasteiger charge is 2.53. The second-order valence-corrected chi connectivity index (χ2v) is 11.5. The van der Waals surface area contributed by atoms with Gasteiger partial charge in [-0.05, 0) is 56.5 Å². The third-order valence-corrected chi connectivity index (χ3v) is 8.33. The van der Waals surface area contributed by atoms with E-state index in [2.05, 4.69) is 10.3 Å². The number of benzene rings is 2. The van der Waals surface area contributed by atoms with Crippen LogP contribution >= 0.6 is 11.6 Å². The first kappa shape index (κ1) is 32.4.